The molecule has 2 N–H and O–H groups in total. The highest BCUT2D eigenvalue weighted by atomic mass is 32.2. The van der Waals surface area contributed by atoms with Crippen molar-refractivity contribution in [3.8, 4) is 22.3 Å². The van der Waals surface area contributed by atoms with Crippen molar-refractivity contribution in [2.75, 3.05) is 0 Å². The molecule has 0 heterocycles. The first-order valence-electron chi connectivity index (χ1n) is 7.14. The van der Waals surface area contributed by atoms with Gasteiger partial charge in [-0.15, -0.1) is 0 Å². The van der Waals surface area contributed by atoms with Crippen LogP contribution in [0.1, 0.15) is 0 Å². The van der Waals surface area contributed by atoms with E-state index in [4.69, 9.17) is 5.14 Å². The van der Waals surface area contributed by atoms with E-state index < -0.39 is 27.5 Å². The Hall–Kier alpha value is -2.64. The first-order chi connectivity index (χ1) is 11.8. The zero-order valence-corrected chi connectivity index (χ0v) is 13.5. The number of primary sulfonamides is 1. The van der Waals surface area contributed by atoms with Crippen LogP contribution in [0.15, 0.2) is 65.6 Å². The molecule has 0 spiro atoms. The van der Waals surface area contributed by atoms with Crippen molar-refractivity contribution in [2.24, 2.45) is 5.14 Å². The van der Waals surface area contributed by atoms with Crippen LogP contribution in [0.3, 0.4) is 0 Å². The quantitative estimate of drug-likeness (QED) is 0.762. The van der Waals surface area contributed by atoms with Gasteiger partial charge in [0.05, 0.1) is 4.90 Å². The van der Waals surface area contributed by atoms with Crippen molar-refractivity contribution in [1.29, 1.82) is 0 Å². The lowest BCUT2D eigenvalue weighted by atomic mass is 9.94. The van der Waals surface area contributed by atoms with Crippen molar-refractivity contribution in [3.63, 3.8) is 0 Å². The Kier molecular flexibility index (Phi) is 4.36. The SMILES string of the molecule is NS(=O)(=O)c1ccccc1-c1cc(F)c(F)cc1-c1cccc(F)c1. The van der Waals surface area contributed by atoms with Gasteiger partial charge in [0.2, 0.25) is 10.0 Å². The third-order valence-electron chi connectivity index (χ3n) is 3.68. The van der Waals surface area contributed by atoms with E-state index in [1.807, 2.05) is 0 Å². The zero-order valence-electron chi connectivity index (χ0n) is 12.7. The van der Waals surface area contributed by atoms with Crippen LogP contribution in [0.4, 0.5) is 13.2 Å². The van der Waals surface area contributed by atoms with Crippen LogP contribution in [-0.2, 0) is 10.0 Å². The summed E-state index contributed by atoms with van der Waals surface area (Å²) in [5.41, 5.74) is 0.616. The molecule has 0 aliphatic rings. The maximum atomic E-state index is 13.8. The minimum absolute atomic E-state index is 0.0918. The number of rotatable bonds is 3. The lowest BCUT2D eigenvalue weighted by molar-refractivity contribution is 0.509. The number of hydrogen-bond acceptors (Lipinski definition) is 2. The normalized spacial score (nSPS) is 11.5. The van der Waals surface area contributed by atoms with E-state index in [-0.39, 0.29) is 27.1 Å². The molecule has 0 unspecified atom stereocenters. The van der Waals surface area contributed by atoms with Gasteiger partial charge in [0, 0.05) is 5.56 Å². The van der Waals surface area contributed by atoms with E-state index in [0.29, 0.717) is 0 Å². The summed E-state index contributed by atoms with van der Waals surface area (Å²) in [6.07, 6.45) is 0. The summed E-state index contributed by atoms with van der Waals surface area (Å²) in [6.45, 7) is 0. The van der Waals surface area contributed by atoms with E-state index in [0.717, 1.165) is 18.2 Å². The van der Waals surface area contributed by atoms with E-state index in [2.05, 4.69) is 0 Å². The van der Waals surface area contributed by atoms with E-state index in [1.165, 1.54) is 36.4 Å². The van der Waals surface area contributed by atoms with Crippen LogP contribution in [0.5, 0.6) is 0 Å². The average molecular weight is 363 g/mol. The standard InChI is InChI=1S/C18H12F3NO2S/c19-12-5-3-4-11(8-12)14-9-16(20)17(21)10-15(14)13-6-1-2-7-18(13)25(22,23)24/h1-10H,(H2,22,23,24). The van der Waals surface area contributed by atoms with Crippen molar-refractivity contribution >= 4 is 10.0 Å². The molecule has 3 aromatic rings. The maximum Gasteiger partial charge on any atom is 0.238 e. The van der Waals surface area contributed by atoms with Gasteiger partial charge in [-0.25, -0.2) is 26.7 Å². The van der Waals surface area contributed by atoms with Gasteiger partial charge in [-0.05, 0) is 47.0 Å². The molecule has 128 valence electrons. The smallest absolute Gasteiger partial charge is 0.225 e. The number of sulfonamides is 1. The van der Waals surface area contributed by atoms with Gasteiger partial charge in [0.25, 0.3) is 0 Å². The lowest BCUT2D eigenvalue weighted by Crippen LogP contribution is -2.13. The van der Waals surface area contributed by atoms with Crippen molar-refractivity contribution in [2.45, 2.75) is 4.90 Å². The Labute approximate surface area is 142 Å². The summed E-state index contributed by atoms with van der Waals surface area (Å²) in [6, 6.07) is 12.8. The van der Waals surface area contributed by atoms with Crippen LogP contribution in [0, 0.1) is 17.5 Å². The van der Waals surface area contributed by atoms with Crippen LogP contribution in [0.25, 0.3) is 22.3 Å². The fourth-order valence-electron chi connectivity index (χ4n) is 2.60. The Morgan fingerprint density at radius 1 is 0.720 bits per heavy atom. The summed E-state index contributed by atoms with van der Waals surface area (Å²) in [5, 5.41) is 5.22. The second-order valence-electron chi connectivity index (χ2n) is 5.36. The van der Waals surface area contributed by atoms with Crippen LogP contribution < -0.4 is 5.14 Å². The second-order valence-corrected chi connectivity index (χ2v) is 6.89. The molecule has 0 bridgehead atoms. The van der Waals surface area contributed by atoms with Gasteiger partial charge in [-0.3, -0.25) is 0 Å². The molecule has 0 aliphatic carbocycles. The highest BCUT2D eigenvalue weighted by Gasteiger charge is 2.20. The molecule has 0 radical (unpaired) electrons. The third kappa shape index (κ3) is 3.42. The van der Waals surface area contributed by atoms with Gasteiger partial charge < -0.3 is 0 Å². The zero-order chi connectivity index (χ0) is 18.2. The predicted molar refractivity (Wildman–Crippen MR) is 88.6 cm³/mol. The predicted octanol–water partition coefficient (Wildman–Crippen LogP) is 4.09. The molecule has 0 fully saturated rings. The van der Waals surface area contributed by atoms with E-state index in [1.54, 1.807) is 6.07 Å². The van der Waals surface area contributed by atoms with Gasteiger partial charge in [-0.1, -0.05) is 30.3 Å². The second kappa shape index (κ2) is 6.34. The molecule has 0 aliphatic heterocycles. The van der Waals surface area contributed by atoms with Crippen molar-refractivity contribution < 1.29 is 21.6 Å². The minimum Gasteiger partial charge on any atom is -0.225 e. The topological polar surface area (TPSA) is 60.2 Å². The summed E-state index contributed by atoms with van der Waals surface area (Å²) in [4.78, 5) is -0.237. The first kappa shape index (κ1) is 17.2. The van der Waals surface area contributed by atoms with E-state index in [9.17, 15) is 21.6 Å². The number of nitrogens with two attached hydrogens (primary N) is 1. The molecular weight excluding hydrogens is 351 g/mol. The Morgan fingerprint density at radius 3 is 2.00 bits per heavy atom. The maximum absolute atomic E-state index is 13.8. The fraction of sp³-hybridized carbons (Fsp3) is 0. The highest BCUT2D eigenvalue weighted by molar-refractivity contribution is 7.89. The average Bonchev–Trinajstić information content (AvgIpc) is 2.56. The molecule has 25 heavy (non-hydrogen) atoms. The summed E-state index contributed by atoms with van der Waals surface area (Å²) in [7, 11) is -4.10. The Morgan fingerprint density at radius 2 is 1.36 bits per heavy atom. The number of halogens is 3. The minimum atomic E-state index is -4.10. The Balaban J connectivity index is 2.37. The molecule has 3 aromatic carbocycles. The lowest BCUT2D eigenvalue weighted by Gasteiger charge is -2.14. The van der Waals surface area contributed by atoms with Gasteiger partial charge in [-0.2, -0.15) is 0 Å². The summed E-state index contributed by atoms with van der Waals surface area (Å²) >= 11 is 0. The monoisotopic (exact) mass is 363 g/mol. The molecule has 0 saturated heterocycles. The van der Waals surface area contributed by atoms with Crippen LogP contribution in [-0.4, -0.2) is 8.42 Å². The fourth-order valence-corrected chi connectivity index (χ4v) is 3.35. The van der Waals surface area contributed by atoms with Crippen LogP contribution >= 0.6 is 0 Å². The molecule has 0 amide bonds. The largest absolute Gasteiger partial charge is 0.238 e. The molecule has 7 heteroatoms. The Bertz CT molecular complexity index is 1070. The summed E-state index contributed by atoms with van der Waals surface area (Å²) in [5.74, 6) is -2.84. The third-order valence-corrected chi connectivity index (χ3v) is 4.65. The molecule has 0 aromatic heterocycles. The van der Waals surface area contributed by atoms with Crippen molar-refractivity contribution in [3.05, 3.63) is 78.1 Å². The number of benzene rings is 3. The number of hydrogen-bond donors (Lipinski definition) is 1. The highest BCUT2D eigenvalue weighted by Crippen LogP contribution is 2.37. The summed E-state index contributed by atoms with van der Waals surface area (Å²) < 4.78 is 64.8. The first-order valence-corrected chi connectivity index (χ1v) is 8.69. The van der Waals surface area contributed by atoms with Crippen LogP contribution in [0.2, 0.25) is 0 Å². The molecule has 3 rings (SSSR count). The molecule has 0 atom stereocenters. The van der Waals surface area contributed by atoms with Gasteiger partial charge in [0.15, 0.2) is 11.6 Å². The molecular formula is C18H12F3NO2S. The van der Waals surface area contributed by atoms with Crippen molar-refractivity contribution in [1.82, 2.24) is 0 Å². The molecule has 3 nitrogen and oxygen atoms in total. The van der Waals surface area contributed by atoms with Gasteiger partial charge >= 0.3 is 0 Å². The van der Waals surface area contributed by atoms with Gasteiger partial charge in [0.1, 0.15) is 5.82 Å². The van der Waals surface area contributed by atoms with E-state index >= 15 is 0 Å². The molecule has 0 saturated carbocycles.